The van der Waals surface area contributed by atoms with E-state index < -0.39 is 58.4 Å². The molecule has 1 heterocycles. The summed E-state index contributed by atoms with van der Waals surface area (Å²) in [4.78, 5) is 58.1. The van der Waals surface area contributed by atoms with Gasteiger partial charge in [-0.15, -0.1) is 20.2 Å². The summed E-state index contributed by atoms with van der Waals surface area (Å²) in [6.07, 6.45) is 3.82. The first-order chi connectivity index (χ1) is 31.5. The second-order valence-corrected chi connectivity index (χ2v) is 20.6. The molecular weight excluding hydrogens is 881 g/mol. The van der Waals surface area contributed by atoms with Gasteiger partial charge in [-0.25, -0.2) is 28.0 Å². The Hall–Kier alpha value is -6.66. The fourth-order valence-electron chi connectivity index (χ4n) is 7.18. The molecule has 68 heavy (non-hydrogen) atoms. The van der Waals surface area contributed by atoms with Crippen LogP contribution in [0.4, 0.5) is 28.0 Å². The van der Waals surface area contributed by atoms with E-state index in [-0.39, 0.29) is 46.8 Å². The van der Waals surface area contributed by atoms with E-state index in [2.05, 4.69) is 41.4 Å². The molecule has 0 spiro atoms. The lowest BCUT2D eigenvalue weighted by molar-refractivity contribution is 0.0542. The van der Waals surface area contributed by atoms with Gasteiger partial charge in [-0.3, -0.25) is 10.6 Å². The van der Waals surface area contributed by atoms with E-state index in [0.717, 1.165) is 11.1 Å². The maximum absolute atomic E-state index is 15.9. The summed E-state index contributed by atoms with van der Waals surface area (Å²) in [5.41, 5.74) is 0.398. The Balaban J connectivity index is 1.24. The van der Waals surface area contributed by atoms with Gasteiger partial charge in [-0.05, 0) is 168 Å². The lowest BCUT2D eigenvalue weighted by atomic mass is 9.90. The predicted octanol–water partition coefficient (Wildman–Crippen LogP) is 10.1. The van der Waals surface area contributed by atoms with Gasteiger partial charge in [0.05, 0.1) is 11.1 Å². The Morgan fingerprint density at radius 1 is 0.588 bits per heavy atom. The molecule has 17 nitrogen and oxygen atoms in total. The molecule has 5 rings (SSSR count). The van der Waals surface area contributed by atoms with Gasteiger partial charge in [0, 0.05) is 19.1 Å². The lowest BCUT2D eigenvalue weighted by Gasteiger charge is -2.26. The summed E-state index contributed by atoms with van der Waals surface area (Å²) in [6, 6.07) is 9.27. The van der Waals surface area contributed by atoms with Gasteiger partial charge >= 0.3 is 24.4 Å². The number of ether oxygens (including phenoxy) is 4. The molecule has 4 N–H and O–H groups in total. The SMILES string of the molecule is Cn1c(-c2ccc(C3=CCC(N/C(=N/C(=O)OC(C)(C)C)NC(=O)OC(C)(C)C)CC3)cc2F)nnc1-c1ccc(C2=CCC(N/C(=N/C(=O)OC(C)(C)C)NC(=O)OC(C)(C)C)CC2)cc1F. The van der Waals surface area contributed by atoms with Gasteiger partial charge < -0.3 is 34.1 Å². The molecule has 0 radical (unpaired) electrons. The van der Waals surface area contributed by atoms with Crippen LogP contribution in [0, 0.1) is 11.6 Å². The summed E-state index contributed by atoms with van der Waals surface area (Å²) >= 11 is 0. The number of aromatic nitrogens is 3. The zero-order chi connectivity index (χ0) is 50.4. The first-order valence-electron chi connectivity index (χ1n) is 22.6. The van der Waals surface area contributed by atoms with Crippen molar-refractivity contribution in [1.82, 2.24) is 36.0 Å². The van der Waals surface area contributed by atoms with Gasteiger partial charge in [-0.1, -0.05) is 24.3 Å². The van der Waals surface area contributed by atoms with Crippen LogP contribution in [0.3, 0.4) is 0 Å². The molecule has 0 saturated carbocycles. The quantitative estimate of drug-likeness (QED) is 0.103. The maximum atomic E-state index is 15.9. The van der Waals surface area contributed by atoms with E-state index in [1.807, 2.05) is 12.2 Å². The van der Waals surface area contributed by atoms with E-state index >= 15 is 8.78 Å². The molecule has 4 amide bonds. The zero-order valence-corrected chi connectivity index (χ0v) is 41.3. The van der Waals surface area contributed by atoms with Crippen LogP contribution in [0.2, 0.25) is 0 Å². The highest BCUT2D eigenvalue weighted by Gasteiger charge is 2.27. The Labute approximate surface area is 396 Å². The molecule has 19 heteroatoms. The second-order valence-electron chi connectivity index (χ2n) is 20.6. The topological polar surface area (TPSA) is 209 Å². The first kappa shape index (κ1) is 52.3. The highest BCUT2D eigenvalue weighted by molar-refractivity contribution is 6.00. The Morgan fingerprint density at radius 2 is 0.941 bits per heavy atom. The highest BCUT2D eigenvalue weighted by atomic mass is 19.1. The number of aliphatic imine (C=N–C) groups is 2. The summed E-state index contributed by atoms with van der Waals surface area (Å²) in [5.74, 6) is -0.843. The van der Waals surface area contributed by atoms with E-state index in [9.17, 15) is 19.2 Å². The number of nitrogens with zero attached hydrogens (tertiary/aromatic N) is 5. The minimum atomic E-state index is -0.881. The number of allylic oxidation sites excluding steroid dienone is 2. The number of carbonyl (C=O) groups excluding carboxylic acids is 4. The molecule has 2 unspecified atom stereocenters. The number of nitrogens with one attached hydrogen (secondary N) is 4. The van der Waals surface area contributed by atoms with E-state index in [1.54, 1.807) is 119 Å². The predicted molar refractivity (Wildman–Crippen MR) is 255 cm³/mol. The molecule has 368 valence electrons. The number of alkyl carbamates (subject to hydrolysis) is 2. The summed E-state index contributed by atoms with van der Waals surface area (Å²) in [7, 11) is 1.65. The van der Waals surface area contributed by atoms with Gasteiger partial charge in [0.25, 0.3) is 0 Å². The summed E-state index contributed by atoms with van der Waals surface area (Å²) < 4.78 is 54.7. The Kier molecular flexibility index (Phi) is 16.2. The summed E-state index contributed by atoms with van der Waals surface area (Å²) in [6.45, 7) is 20.6. The number of amides is 4. The monoisotopic (exact) mass is 945 g/mol. The van der Waals surface area contributed by atoms with Crippen molar-refractivity contribution >= 4 is 47.4 Å². The van der Waals surface area contributed by atoms with E-state index in [4.69, 9.17) is 18.9 Å². The Morgan fingerprint density at radius 3 is 1.24 bits per heavy atom. The second kappa shape index (κ2) is 21.1. The van der Waals surface area contributed by atoms with Crippen molar-refractivity contribution < 1.29 is 46.9 Å². The molecule has 2 atom stereocenters. The number of hydrogen-bond acceptors (Lipinski definition) is 10. The highest BCUT2D eigenvalue weighted by Crippen LogP contribution is 2.34. The fourth-order valence-corrected chi connectivity index (χ4v) is 7.18. The van der Waals surface area contributed by atoms with Gasteiger partial charge in [0.15, 0.2) is 11.6 Å². The smallest absolute Gasteiger partial charge is 0.437 e. The number of guanidine groups is 2. The average molecular weight is 946 g/mol. The fraction of sp³-hybridized carbons (Fsp3) is 0.510. The van der Waals surface area contributed by atoms with Crippen molar-refractivity contribution in [3.63, 3.8) is 0 Å². The molecule has 0 aliphatic heterocycles. The van der Waals surface area contributed by atoms with Crippen LogP contribution in [0.5, 0.6) is 0 Å². The van der Waals surface area contributed by atoms with Crippen LogP contribution >= 0.6 is 0 Å². The van der Waals surface area contributed by atoms with Crippen LogP contribution in [0.1, 0.15) is 133 Å². The van der Waals surface area contributed by atoms with Gasteiger partial charge in [0.2, 0.25) is 11.9 Å². The number of rotatable bonds is 6. The zero-order valence-electron chi connectivity index (χ0n) is 41.3. The van der Waals surface area contributed by atoms with Crippen molar-refractivity contribution in [1.29, 1.82) is 0 Å². The number of carbonyl (C=O) groups is 4. The molecule has 0 fully saturated rings. The number of benzene rings is 2. The third-order valence-electron chi connectivity index (χ3n) is 9.97. The Bertz CT molecular complexity index is 2330. The lowest BCUT2D eigenvalue weighted by Crippen LogP contribution is -2.48. The van der Waals surface area contributed by atoms with Crippen LogP contribution in [-0.4, -0.2) is 85.5 Å². The normalized spacial score (nSPS) is 17.3. The molecule has 2 aromatic carbocycles. The molecular formula is C49H65F2N9O8. The van der Waals surface area contributed by atoms with Crippen LogP contribution in [0.25, 0.3) is 33.9 Å². The van der Waals surface area contributed by atoms with Gasteiger partial charge in [-0.2, -0.15) is 0 Å². The molecule has 0 bridgehead atoms. The minimum absolute atomic E-state index is 0.105. The van der Waals surface area contributed by atoms with Crippen LogP contribution in [-0.2, 0) is 26.0 Å². The van der Waals surface area contributed by atoms with Crippen molar-refractivity contribution in [3.8, 4) is 22.8 Å². The van der Waals surface area contributed by atoms with E-state index in [1.165, 1.54) is 12.1 Å². The number of halogens is 2. The van der Waals surface area contributed by atoms with Crippen LogP contribution < -0.4 is 21.3 Å². The minimum Gasteiger partial charge on any atom is -0.444 e. The molecule has 2 aliphatic rings. The maximum Gasteiger partial charge on any atom is 0.437 e. The largest absolute Gasteiger partial charge is 0.444 e. The molecule has 1 aromatic heterocycles. The van der Waals surface area contributed by atoms with E-state index in [0.29, 0.717) is 49.7 Å². The number of hydrogen-bond donors (Lipinski definition) is 4. The summed E-state index contributed by atoms with van der Waals surface area (Å²) in [5, 5.41) is 19.7. The van der Waals surface area contributed by atoms with Crippen molar-refractivity contribution in [2.45, 2.75) is 156 Å². The molecule has 0 saturated heterocycles. The molecule has 3 aromatic rings. The van der Waals surface area contributed by atoms with Gasteiger partial charge in [0.1, 0.15) is 34.0 Å². The average Bonchev–Trinajstić information content (AvgIpc) is 3.55. The standard InChI is InChI=1S/C49H65F2N9O8/c1-46(2,3)65-42(61)54-40(55-43(62)66-47(4,5)6)52-32-20-14-28(15-21-32)30-18-24-34(36(50)26-30)38-58-59-39(60(38)13)35-25-19-31(27-37(35)51)29-16-22-33(23-17-29)53-41(56-44(63)67-48(7,8)9)57-45(64)68-49(10,11)12/h14,16,18-19,24-27,32-33H,15,17,20-23H2,1-13H3,(H2,52,54,55,61,62)(H2,53,56,57,63,64). The van der Waals surface area contributed by atoms with Crippen molar-refractivity contribution in [3.05, 3.63) is 71.3 Å². The van der Waals surface area contributed by atoms with Crippen molar-refractivity contribution in [2.24, 2.45) is 17.0 Å². The third kappa shape index (κ3) is 16.0. The van der Waals surface area contributed by atoms with Crippen molar-refractivity contribution in [2.75, 3.05) is 0 Å². The third-order valence-corrected chi connectivity index (χ3v) is 9.97. The molecule has 2 aliphatic carbocycles. The van der Waals surface area contributed by atoms with Crippen LogP contribution in [0.15, 0.2) is 58.5 Å². The first-order valence-corrected chi connectivity index (χ1v) is 22.6.